The first-order chi connectivity index (χ1) is 16.7. The van der Waals surface area contributed by atoms with Gasteiger partial charge < -0.3 is 14.8 Å². The molecule has 0 aliphatic carbocycles. The Bertz CT molecular complexity index is 1200. The van der Waals surface area contributed by atoms with Crippen LogP contribution in [0.1, 0.15) is 35.3 Å². The van der Waals surface area contributed by atoms with Crippen molar-refractivity contribution in [3.63, 3.8) is 0 Å². The van der Waals surface area contributed by atoms with Crippen LogP contribution in [-0.2, 0) is 6.18 Å². The van der Waals surface area contributed by atoms with E-state index in [1.807, 2.05) is 19.2 Å². The number of benzene rings is 3. The molecule has 0 aliphatic rings. The van der Waals surface area contributed by atoms with Gasteiger partial charge in [-0.2, -0.15) is 13.2 Å². The number of amides is 1. The first kappa shape index (κ1) is 28.4. The highest BCUT2D eigenvalue weighted by Gasteiger charge is 2.33. The van der Waals surface area contributed by atoms with Gasteiger partial charge in [0.1, 0.15) is 28.7 Å². The maximum absolute atomic E-state index is 13.8. The third kappa shape index (κ3) is 7.33. The van der Waals surface area contributed by atoms with Crippen molar-refractivity contribution in [1.82, 2.24) is 0 Å². The zero-order valence-electron chi connectivity index (χ0n) is 18.9. The van der Waals surface area contributed by atoms with E-state index in [0.717, 1.165) is 42.5 Å². The molecule has 3 aromatic rings. The van der Waals surface area contributed by atoms with Gasteiger partial charge in [-0.3, -0.25) is 4.79 Å². The van der Waals surface area contributed by atoms with Crippen molar-refractivity contribution >= 4 is 11.6 Å². The largest absolute Gasteiger partial charge is 0.573 e. The lowest BCUT2D eigenvalue weighted by Crippen LogP contribution is -2.20. The lowest BCUT2D eigenvalue weighted by molar-refractivity contribution is -0.274. The molecule has 1 N–H and O–H groups in total. The van der Waals surface area contributed by atoms with E-state index in [4.69, 9.17) is 4.74 Å². The Hall–Kier alpha value is -3.83. The van der Waals surface area contributed by atoms with Gasteiger partial charge in [-0.1, -0.05) is 26.0 Å². The number of carbonyl (C=O) groups excluding carboxylic acids is 1. The van der Waals surface area contributed by atoms with Crippen LogP contribution in [0.2, 0.25) is 0 Å². The molecule has 0 aliphatic heterocycles. The highest BCUT2D eigenvalue weighted by atomic mass is 19.4. The van der Waals surface area contributed by atoms with Crippen molar-refractivity contribution in [3.8, 4) is 17.2 Å². The van der Waals surface area contributed by atoms with Gasteiger partial charge in [-0.05, 0) is 48.9 Å². The highest BCUT2D eigenvalue weighted by Crippen LogP contribution is 2.38. The van der Waals surface area contributed by atoms with Crippen molar-refractivity contribution in [1.29, 1.82) is 0 Å². The molecule has 0 heterocycles. The van der Waals surface area contributed by atoms with E-state index in [0.29, 0.717) is 12.1 Å². The molecule has 0 atom stereocenters. The molecular formula is C24H19F8NO3. The Morgan fingerprint density at radius 2 is 1.44 bits per heavy atom. The molecule has 0 unspecified atom stereocenters. The monoisotopic (exact) mass is 521 g/mol. The predicted molar refractivity (Wildman–Crippen MR) is 115 cm³/mol. The number of carbonyl (C=O) groups is 1. The van der Waals surface area contributed by atoms with E-state index in [1.54, 1.807) is 0 Å². The van der Waals surface area contributed by atoms with Gasteiger partial charge in [-0.15, -0.1) is 13.2 Å². The summed E-state index contributed by atoms with van der Waals surface area (Å²) in [6.07, 6.45) is -9.93. The average Bonchev–Trinajstić information content (AvgIpc) is 2.76. The average molecular weight is 521 g/mol. The molecule has 1 amide bonds. The summed E-state index contributed by atoms with van der Waals surface area (Å²) in [7, 11) is 0. The van der Waals surface area contributed by atoms with Crippen LogP contribution in [0.15, 0.2) is 54.6 Å². The molecule has 36 heavy (non-hydrogen) atoms. The molecule has 0 aromatic heterocycles. The minimum Gasteiger partial charge on any atom is -0.457 e. The molecule has 0 radical (unpaired) electrons. The molecule has 0 saturated carbocycles. The zero-order chi connectivity index (χ0) is 27.3. The van der Waals surface area contributed by atoms with Gasteiger partial charge in [0.2, 0.25) is 0 Å². The van der Waals surface area contributed by atoms with Crippen LogP contribution in [0.25, 0.3) is 0 Å². The minimum absolute atomic E-state index is 0.249. The number of nitrogens with one attached hydrogen (secondary N) is 1. The van der Waals surface area contributed by atoms with Crippen molar-refractivity contribution in [3.05, 3.63) is 82.9 Å². The number of hydrogen-bond donors (Lipinski definition) is 1. The number of alkyl halides is 6. The number of hydrogen-bond acceptors (Lipinski definition) is 3. The first-order valence-corrected chi connectivity index (χ1v) is 10.3. The van der Waals surface area contributed by atoms with Gasteiger partial charge in [0.25, 0.3) is 5.91 Å². The van der Waals surface area contributed by atoms with Crippen LogP contribution in [0.5, 0.6) is 17.2 Å². The SMILES string of the molecule is CC.Cc1ccc(C(F)(F)F)cc1Oc1ccc(NC(=O)c2c(F)cccc2F)c(OC(F)(F)F)c1. The summed E-state index contributed by atoms with van der Waals surface area (Å²) < 4.78 is 114. The van der Waals surface area contributed by atoms with Gasteiger partial charge >= 0.3 is 12.5 Å². The third-order valence-corrected chi connectivity index (χ3v) is 4.36. The maximum atomic E-state index is 13.8. The van der Waals surface area contributed by atoms with E-state index in [-0.39, 0.29) is 17.1 Å². The Labute approximate surface area is 200 Å². The molecule has 0 bridgehead atoms. The number of anilines is 1. The highest BCUT2D eigenvalue weighted by molar-refractivity contribution is 6.05. The molecule has 0 fully saturated rings. The molecule has 3 rings (SSSR count). The fourth-order valence-corrected chi connectivity index (χ4v) is 2.79. The first-order valence-electron chi connectivity index (χ1n) is 10.3. The van der Waals surface area contributed by atoms with Crippen molar-refractivity contribution in [2.24, 2.45) is 0 Å². The van der Waals surface area contributed by atoms with Crippen LogP contribution in [-0.4, -0.2) is 12.3 Å². The number of rotatable bonds is 5. The van der Waals surface area contributed by atoms with Crippen molar-refractivity contribution < 1.29 is 49.4 Å². The van der Waals surface area contributed by atoms with Gasteiger partial charge in [0.05, 0.1) is 11.3 Å². The summed E-state index contributed by atoms with van der Waals surface area (Å²) in [6, 6.07) is 7.67. The van der Waals surface area contributed by atoms with Crippen LogP contribution >= 0.6 is 0 Å². The molecule has 0 spiro atoms. The second-order valence-electron chi connectivity index (χ2n) is 6.84. The Kier molecular flexibility index (Phi) is 8.89. The lowest BCUT2D eigenvalue weighted by atomic mass is 10.1. The standard InChI is InChI=1S/C22H13F8NO3.C2H6/c1-11-5-6-12(21(25,26)27)9-17(11)33-13-7-8-16(18(10-13)34-22(28,29)30)31-20(32)19-14(23)3-2-4-15(19)24;1-2/h2-10H,1H3,(H,31,32);1-2H3. The molecule has 12 heteroatoms. The smallest absolute Gasteiger partial charge is 0.457 e. The molecule has 4 nitrogen and oxygen atoms in total. The van der Waals surface area contributed by atoms with Crippen molar-refractivity contribution in [2.75, 3.05) is 5.32 Å². The summed E-state index contributed by atoms with van der Waals surface area (Å²) in [6.45, 7) is 5.42. The quantitative estimate of drug-likeness (QED) is 0.344. The number of ether oxygens (including phenoxy) is 2. The second-order valence-corrected chi connectivity index (χ2v) is 6.84. The van der Waals surface area contributed by atoms with Gasteiger partial charge in [0, 0.05) is 6.07 Å². The zero-order valence-corrected chi connectivity index (χ0v) is 18.9. The fraction of sp³-hybridized carbons (Fsp3) is 0.208. The lowest BCUT2D eigenvalue weighted by Gasteiger charge is -2.17. The molecule has 3 aromatic carbocycles. The Morgan fingerprint density at radius 1 is 0.833 bits per heavy atom. The van der Waals surface area contributed by atoms with Crippen molar-refractivity contribution in [2.45, 2.75) is 33.3 Å². The van der Waals surface area contributed by atoms with Crippen LogP contribution in [0, 0.1) is 18.6 Å². The number of aryl methyl sites for hydroxylation is 1. The summed E-state index contributed by atoms with van der Waals surface area (Å²) in [5, 5.41) is 1.91. The van der Waals surface area contributed by atoms with E-state index in [1.165, 1.54) is 6.92 Å². The van der Waals surface area contributed by atoms with Crippen LogP contribution in [0.4, 0.5) is 40.8 Å². The van der Waals surface area contributed by atoms with E-state index < -0.39 is 52.6 Å². The Balaban J connectivity index is 0.00000222. The van der Waals surface area contributed by atoms with E-state index in [9.17, 15) is 39.9 Å². The Morgan fingerprint density at radius 3 is 2.00 bits per heavy atom. The molecular weight excluding hydrogens is 502 g/mol. The van der Waals surface area contributed by atoms with E-state index in [2.05, 4.69) is 4.74 Å². The minimum atomic E-state index is -5.24. The molecule has 0 saturated heterocycles. The summed E-state index contributed by atoms with van der Waals surface area (Å²) in [5.74, 6) is -5.59. The van der Waals surface area contributed by atoms with Gasteiger partial charge in [-0.25, -0.2) is 8.78 Å². The topological polar surface area (TPSA) is 47.6 Å². The molecule has 194 valence electrons. The normalized spacial score (nSPS) is 11.3. The maximum Gasteiger partial charge on any atom is 0.573 e. The van der Waals surface area contributed by atoms with Gasteiger partial charge in [0.15, 0.2) is 5.75 Å². The summed E-state index contributed by atoms with van der Waals surface area (Å²) in [5.41, 5.74) is -2.46. The van der Waals surface area contributed by atoms with E-state index >= 15 is 0 Å². The third-order valence-electron chi connectivity index (χ3n) is 4.36. The van der Waals surface area contributed by atoms with Crippen LogP contribution in [0.3, 0.4) is 0 Å². The van der Waals surface area contributed by atoms with Crippen LogP contribution < -0.4 is 14.8 Å². The number of halogens is 8. The fourth-order valence-electron chi connectivity index (χ4n) is 2.79. The predicted octanol–water partition coefficient (Wildman–Crippen LogP) is 8.26. The summed E-state index contributed by atoms with van der Waals surface area (Å²) >= 11 is 0. The summed E-state index contributed by atoms with van der Waals surface area (Å²) in [4.78, 5) is 12.3. The second kappa shape index (κ2) is 11.3.